The van der Waals surface area contributed by atoms with Crippen LogP contribution in [0, 0.1) is 0 Å². The minimum atomic E-state index is 0.607. The maximum atomic E-state index is 6.16. The van der Waals surface area contributed by atoms with Crippen molar-refractivity contribution in [3.63, 3.8) is 0 Å². The summed E-state index contributed by atoms with van der Waals surface area (Å²) in [5, 5.41) is 0. The van der Waals surface area contributed by atoms with Crippen LogP contribution in [0.25, 0.3) is 84.3 Å². The summed E-state index contributed by atoms with van der Waals surface area (Å²) in [5.41, 5.74) is 19.2. The smallest absolute Gasteiger partial charge is 0.164 e. The van der Waals surface area contributed by atoms with Gasteiger partial charge in [-0.25, -0.2) is 19.9 Å². The molecule has 2 N–H and O–H groups in total. The van der Waals surface area contributed by atoms with Crippen molar-refractivity contribution in [2.75, 3.05) is 5.73 Å². The van der Waals surface area contributed by atoms with Gasteiger partial charge in [-0.3, -0.25) is 4.57 Å². The van der Waals surface area contributed by atoms with E-state index in [-0.39, 0.29) is 0 Å². The van der Waals surface area contributed by atoms with Gasteiger partial charge in [0.25, 0.3) is 0 Å². The van der Waals surface area contributed by atoms with Crippen LogP contribution in [0.4, 0.5) is 5.69 Å². The van der Waals surface area contributed by atoms with Crippen molar-refractivity contribution in [1.29, 1.82) is 0 Å². The van der Waals surface area contributed by atoms with Gasteiger partial charge in [0.2, 0.25) is 0 Å². The third-order valence-corrected chi connectivity index (χ3v) is 9.76. The van der Waals surface area contributed by atoms with Gasteiger partial charge in [0.05, 0.1) is 16.7 Å². The summed E-state index contributed by atoms with van der Waals surface area (Å²) in [6.07, 6.45) is 0.801. The quantitative estimate of drug-likeness (QED) is 0.160. The number of aromatic nitrogens is 5. The van der Waals surface area contributed by atoms with E-state index < -0.39 is 0 Å². The molecule has 0 aliphatic heterocycles. The van der Waals surface area contributed by atoms with Crippen LogP contribution in [-0.2, 0) is 6.42 Å². The first-order valence-electron chi connectivity index (χ1n) is 18.2. The number of hydrogen-bond donors (Lipinski definition) is 1. The first kappa shape index (κ1) is 32.7. The first-order valence-corrected chi connectivity index (χ1v) is 18.2. The van der Waals surface area contributed by atoms with Gasteiger partial charge in [0.15, 0.2) is 17.5 Å². The molecule has 0 radical (unpaired) electrons. The molecule has 6 nitrogen and oxygen atoms in total. The van der Waals surface area contributed by atoms with Crippen molar-refractivity contribution < 1.29 is 0 Å². The van der Waals surface area contributed by atoms with E-state index in [1.807, 2.05) is 84.9 Å². The maximum Gasteiger partial charge on any atom is 0.164 e. The zero-order chi connectivity index (χ0) is 36.4. The van der Waals surface area contributed by atoms with E-state index in [4.69, 9.17) is 25.7 Å². The van der Waals surface area contributed by atoms with Crippen LogP contribution in [0.15, 0.2) is 176 Å². The number of nitrogens with two attached hydrogens (primary N) is 1. The molecule has 0 unspecified atom stereocenters. The largest absolute Gasteiger partial charge is 0.399 e. The van der Waals surface area contributed by atoms with Gasteiger partial charge in [0.1, 0.15) is 5.82 Å². The van der Waals surface area contributed by atoms with Crippen molar-refractivity contribution in [2.45, 2.75) is 13.3 Å². The molecule has 6 heteroatoms. The number of rotatable bonds is 8. The Hall–Kier alpha value is -7.18. The molecule has 0 saturated heterocycles. The van der Waals surface area contributed by atoms with E-state index in [1.165, 1.54) is 0 Å². The van der Waals surface area contributed by atoms with Gasteiger partial charge in [-0.2, -0.15) is 0 Å². The number of para-hydroxylation sites is 3. The SMILES string of the molecule is CCc1nc2ccccc2n1-c1ccccc1-c1cc(-c2ccc(N)cc2)cc(-c2ccccc2-c2nc(-c3ccccc3)nc(-c3ccccc3)n2)c1. The van der Waals surface area contributed by atoms with Crippen molar-refractivity contribution in [2.24, 2.45) is 0 Å². The number of anilines is 1. The minimum Gasteiger partial charge on any atom is -0.399 e. The van der Waals surface area contributed by atoms with Crippen molar-refractivity contribution in [3.8, 4) is 73.2 Å². The van der Waals surface area contributed by atoms with Gasteiger partial charge in [-0.05, 0) is 76.3 Å². The Labute approximate surface area is 314 Å². The number of aryl methyl sites for hydroxylation is 1. The highest BCUT2D eigenvalue weighted by Gasteiger charge is 2.19. The molecule has 9 rings (SSSR count). The molecular formula is C48H36N6. The Morgan fingerprint density at radius 3 is 1.61 bits per heavy atom. The third-order valence-electron chi connectivity index (χ3n) is 9.76. The van der Waals surface area contributed by atoms with Crippen LogP contribution < -0.4 is 5.73 Å². The number of nitrogens with zero attached hydrogens (tertiary/aromatic N) is 5. The number of imidazole rings is 1. The highest BCUT2D eigenvalue weighted by atomic mass is 15.1. The molecule has 0 saturated carbocycles. The molecule has 258 valence electrons. The number of hydrogen-bond acceptors (Lipinski definition) is 5. The van der Waals surface area contributed by atoms with Crippen molar-refractivity contribution in [1.82, 2.24) is 24.5 Å². The van der Waals surface area contributed by atoms with E-state index in [1.54, 1.807) is 0 Å². The maximum absolute atomic E-state index is 6.16. The second-order valence-electron chi connectivity index (χ2n) is 13.2. The Bertz CT molecular complexity index is 2700. The van der Waals surface area contributed by atoms with Crippen LogP contribution in [0.3, 0.4) is 0 Å². The first-order chi connectivity index (χ1) is 26.6. The number of nitrogen functional groups attached to an aromatic ring is 1. The topological polar surface area (TPSA) is 82.5 Å². The summed E-state index contributed by atoms with van der Waals surface area (Å²) in [6.45, 7) is 2.16. The molecule has 0 amide bonds. The van der Waals surface area contributed by atoms with Crippen LogP contribution in [0.1, 0.15) is 12.7 Å². The van der Waals surface area contributed by atoms with Gasteiger partial charge in [-0.1, -0.05) is 134 Å². The van der Waals surface area contributed by atoms with E-state index in [9.17, 15) is 0 Å². The number of fused-ring (bicyclic) bond motifs is 1. The van der Waals surface area contributed by atoms with Crippen molar-refractivity contribution in [3.05, 3.63) is 182 Å². The average Bonchev–Trinajstić information content (AvgIpc) is 3.63. The highest BCUT2D eigenvalue weighted by Crippen LogP contribution is 2.40. The number of benzene rings is 7. The summed E-state index contributed by atoms with van der Waals surface area (Å²) in [6, 6.07) is 60.3. The Kier molecular flexibility index (Phi) is 8.54. The van der Waals surface area contributed by atoms with Gasteiger partial charge < -0.3 is 5.73 Å². The fraction of sp³-hybridized carbons (Fsp3) is 0.0417. The fourth-order valence-corrected chi connectivity index (χ4v) is 7.13. The summed E-state index contributed by atoms with van der Waals surface area (Å²) in [4.78, 5) is 20.2. The summed E-state index contributed by atoms with van der Waals surface area (Å²) >= 11 is 0. The molecule has 0 bridgehead atoms. The standard InChI is InChI=1S/C48H36N6/c1-2-45-50-42-22-12-14-24-44(42)54(45)43-23-13-11-20-40(43)37-30-35(32-25-27-38(49)28-26-32)29-36(31-37)39-19-9-10-21-41(39)48-52-46(33-15-5-3-6-16-33)51-47(53-48)34-17-7-4-8-18-34/h3-31H,2,49H2,1H3. The normalized spacial score (nSPS) is 11.2. The fourth-order valence-electron chi connectivity index (χ4n) is 7.13. The van der Waals surface area contributed by atoms with Gasteiger partial charge >= 0.3 is 0 Å². The summed E-state index contributed by atoms with van der Waals surface area (Å²) in [7, 11) is 0. The third kappa shape index (κ3) is 6.20. The molecule has 54 heavy (non-hydrogen) atoms. The predicted molar refractivity (Wildman–Crippen MR) is 221 cm³/mol. The molecule has 7 aromatic carbocycles. The second kappa shape index (κ2) is 14.1. The molecule has 0 atom stereocenters. The lowest BCUT2D eigenvalue weighted by Gasteiger charge is -2.18. The molecule has 2 heterocycles. The highest BCUT2D eigenvalue weighted by molar-refractivity contribution is 5.90. The molecule has 0 fully saturated rings. The Morgan fingerprint density at radius 1 is 0.426 bits per heavy atom. The van der Waals surface area contributed by atoms with Crippen LogP contribution in [0.2, 0.25) is 0 Å². The van der Waals surface area contributed by atoms with E-state index in [0.717, 1.165) is 84.7 Å². The molecule has 0 aliphatic rings. The Balaban J connectivity index is 1.27. The molecule has 9 aromatic rings. The van der Waals surface area contributed by atoms with Crippen LogP contribution in [0.5, 0.6) is 0 Å². The zero-order valence-corrected chi connectivity index (χ0v) is 29.8. The Morgan fingerprint density at radius 2 is 0.944 bits per heavy atom. The van der Waals surface area contributed by atoms with Crippen molar-refractivity contribution >= 4 is 16.7 Å². The monoisotopic (exact) mass is 696 g/mol. The summed E-state index contributed by atoms with van der Waals surface area (Å²) in [5.74, 6) is 2.87. The van der Waals surface area contributed by atoms with Gasteiger partial charge in [-0.15, -0.1) is 0 Å². The summed E-state index contributed by atoms with van der Waals surface area (Å²) < 4.78 is 2.30. The van der Waals surface area contributed by atoms with E-state index in [0.29, 0.717) is 17.5 Å². The van der Waals surface area contributed by atoms with Crippen LogP contribution >= 0.6 is 0 Å². The molecular weight excluding hydrogens is 661 g/mol. The molecule has 0 spiro atoms. The van der Waals surface area contributed by atoms with Crippen LogP contribution in [-0.4, -0.2) is 24.5 Å². The van der Waals surface area contributed by atoms with E-state index in [2.05, 4.69) is 102 Å². The zero-order valence-electron chi connectivity index (χ0n) is 29.8. The lowest BCUT2D eigenvalue weighted by molar-refractivity contribution is 0.909. The average molecular weight is 697 g/mol. The van der Waals surface area contributed by atoms with E-state index >= 15 is 0 Å². The minimum absolute atomic E-state index is 0.607. The molecule has 2 aromatic heterocycles. The van der Waals surface area contributed by atoms with Gasteiger partial charge in [0, 0.05) is 34.4 Å². The predicted octanol–water partition coefficient (Wildman–Crippen LogP) is 11.4. The molecule has 0 aliphatic carbocycles. The lowest BCUT2D eigenvalue weighted by atomic mass is 9.90. The second-order valence-corrected chi connectivity index (χ2v) is 13.2. The lowest BCUT2D eigenvalue weighted by Crippen LogP contribution is -2.02.